The molecule has 4 heteroatoms. The van der Waals surface area contributed by atoms with Crippen molar-refractivity contribution in [3.8, 4) is 0 Å². The Bertz CT molecular complexity index is 583. The van der Waals surface area contributed by atoms with E-state index in [4.69, 9.17) is 40.5 Å². The Balaban J connectivity index is 2.46. The minimum Gasteiger partial charge on any atom is -0.326 e. The van der Waals surface area contributed by atoms with Crippen LogP contribution in [0, 0.1) is 0 Å². The molecular weight excluding hydrogens is 301 g/mol. The summed E-state index contributed by atoms with van der Waals surface area (Å²) >= 11 is 18.0. The molecule has 0 saturated carbocycles. The molecule has 0 atom stereocenters. The second-order valence-corrected chi connectivity index (χ2v) is 5.23. The summed E-state index contributed by atoms with van der Waals surface area (Å²) in [6.45, 7) is 0.392. The van der Waals surface area contributed by atoms with Crippen LogP contribution in [0.15, 0.2) is 42.5 Å². The van der Waals surface area contributed by atoms with Crippen LogP contribution in [-0.2, 0) is 0 Å². The van der Waals surface area contributed by atoms with Gasteiger partial charge in [-0.2, -0.15) is 0 Å². The Morgan fingerprint density at radius 3 is 2.11 bits per heavy atom. The van der Waals surface area contributed by atoms with E-state index in [2.05, 4.69) is 0 Å². The minimum atomic E-state index is 0.364. The van der Waals surface area contributed by atoms with Gasteiger partial charge in [0.1, 0.15) is 0 Å². The molecule has 1 nitrogen and oxygen atoms in total. The maximum atomic E-state index is 6.04. The van der Waals surface area contributed by atoms with Crippen LogP contribution >= 0.6 is 34.8 Å². The normalized spacial score (nSPS) is 11.7. The first-order valence-electron chi connectivity index (χ1n) is 5.72. The number of nitrogens with two attached hydrogens (primary N) is 1. The highest BCUT2D eigenvalue weighted by Crippen LogP contribution is 2.33. The van der Waals surface area contributed by atoms with Gasteiger partial charge in [-0.1, -0.05) is 65.1 Å². The number of hydrogen-bond acceptors (Lipinski definition) is 1. The molecule has 0 bridgehead atoms. The van der Waals surface area contributed by atoms with Gasteiger partial charge < -0.3 is 5.73 Å². The van der Waals surface area contributed by atoms with E-state index in [0.29, 0.717) is 21.6 Å². The molecule has 0 unspecified atom stereocenters. The fourth-order valence-electron chi connectivity index (χ4n) is 1.75. The van der Waals surface area contributed by atoms with Gasteiger partial charge in [0, 0.05) is 6.54 Å². The van der Waals surface area contributed by atoms with E-state index in [1.165, 1.54) is 0 Å². The lowest BCUT2D eigenvalue weighted by Crippen LogP contribution is -2.02. The fourth-order valence-corrected chi connectivity index (χ4v) is 2.35. The van der Waals surface area contributed by atoms with Crippen molar-refractivity contribution in [3.63, 3.8) is 0 Å². The van der Waals surface area contributed by atoms with Crippen molar-refractivity contribution in [1.82, 2.24) is 0 Å². The van der Waals surface area contributed by atoms with Gasteiger partial charge in [0.25, 0.3) is 0 Å². The summed E-state index contributed by atoms with van der Waals surface area (Å²) in [7, 11) is 0. The predicted octanol–water partition coefficient (Wildman–Crippen LogP) is 5.15. The quantitative estimate of drug-likeness (QED) is 0.616. The highest BCUT2D eigenvalue weighted by atomic mass is 35.5. The standard InChI is InChI=1S/C15H12Cl3N/c16-13-7-11(8-14(17)15(13)18)12(9-19)6-10-4-2-1-3-5-10/h1-8H,9,19H2/b12-6+. The predicted molar refractivity (Wildman–Crippen MR) is 84.8 cm³/mol. The summed E-state index contributed by atoms with van der Waals surface area (Å²) in [5, 5.41) is 1.22. The first-order chi connectivity index (χ1) is 9.11. The van der Waals surface area contributed by atoms with Crippen LogP contribution in [-0.4, -0.2) is 6.54 Å². The highest BCUT2D eigenvalue weighted by molar-refractivity contribution is 6.48. The van der Waals surface area contributed by atoms with E-state index in [1.54, 1.807) is 12.1 Å². The van der Waals surface area contributed by atoms with E-state index in [0.717, 1.165) is 16.7 Å². The summed E-state index contributed by atoms with van der Waals surface area (Å²) < 4.78 is 0. The first kappa shape index (κ1) is 14.4. The van der Waals surface area contributed by atoms with Crippen LogP contribution in [0.3, 0.4) is 0 Å². The molecule has 0 spiro atoms. The molecule has 0 fully saturated rings. The number of hydrogen-bond donors (Lipinski definition) is 1. The van der Waals surface area contributed by atoms with E-state index >= 15 is 0 Å². The summed E-state index contributed by atoms with van der Waals surface area (Å²) in [6.07, 6.45) is 2.01. The molecule has 2 N–H and O–H groups in total. The smallest absolute Gasteiger partial charge is 0.0778 e. The van der Waals surface area contributed by atoms with E-state index in [9.17, 15) is 0 Å². The maximum absolute atomic E-state index is 6.04. The van der Waals surface area contributed by atoms with Crippen LogP contribution in [0.4, 0.5) is 0 Å². The molecule has 0 aliphatic carbocycles. The first-order valence-corrected chi connectivity index (χ1v) is 6.86. The average Bonchev–Trinajstić information content (AvgIpc) is 2.42. The molecule has 19 heavy (non-hydrogen) atoms. The molecular formula is C15H12Cl3N. The molecule has 98 valence electrons. The number of benzene rings is 2. The van der Waals surface area contributed by atoms with Crippen molar-refractivity contribution >= 4 is 46.5 Å². The lowest BCUT2D eigenvalue weighted by Gasteiger charge is -2.08. The highest BCUT2D eigenvalue weighted by Gasteiger charge is 2.08. The second-order valence-electron chi connectivity index (χ2n) is 4.04. The summed E-state index contributed by atoms with van der Waals surface area (Å²) in [5.41, 5.74) is 8.71. The Morgan fingerprint density at radius 2 is 1.58 bits per heavy atom. The van der Waals surface area contributed by atoms with Crippen molar-refractivity contribution in [2.24, 2.45) is 5.73 Å². The molecule has 0 amide bonds. The molecule has 0 heterocycles. The lowest BCUT2D eigenvalue weighted by atomic mass is 10.0. The van der Waals surface area contributed by atoms with Crippen LogP contribution in [0.1, 0.15) is 11.1 Å². The molecule has 2 aromatic rings. The van der Waals surface area contributed by atoms with Gasteiger partial charge in [-0.05, 0) is 34.9 Å². The van der Waals surface area contributed by atoms with Gasteiger partial charge in [-0.15, -0.1) is 0 Å². The van der Waals surface area contributed by atoms with Crippen molar-refractivity contribution in [2.45, 2.75) is 0 Å². The van der Waals surface area contributed by atoms with Gasteiger partial charge >= 0.3 is 0 Å². The van der Waals surface area contributed by atoms with Crippen molar-refractivity contribution < 1.29 is 0 Å². The van der Waals surface area contributed by atoms with Gasteiger partial charge in [0.2, 0.25) is 0 Å². The van der Waals surface area contributed by atoms with Gasteiger partial charge in [0.15, 0.2) is 0 Å². The third kappa shape index (κ3) is 3.52. The summed E-state index contributed by atoms with van der Waals surface area (Å²) in [5.74, 6) is 0. The summed E-state index contributed by atoms with van der Waals surface area (Å²) in [6, 6.07) is 13.5. The Labute approximate surface area is 127 Å². The SMILES string of the molecule is NC/C(=C\c1ccccc1)c1cc(Cl)c(Cl)c(Cl)c1. The maximum Gasteiger partial charge on any atom is 0.0778 e. The number of halogens is 3. The molecule has 0 radical (unpaired) electrons. The largest absolute Gasteiger partial charge is 0.326 e. The van der Waals surface area contributed by atoms with Crippen LogP contribution in [0.2, 0.25) is 15.1 Å². The third-order valence-corrected chi connectivity index (χ3v) is 3.91. The van der Waals surface area contributed by atoms with Crippen LogP contribution < -0.4 is 5.73 Å². The third-order valence-electron chi connectivity index (χ3n) is 2.71. The Hall–Kier alpha value is -0.990. The van der Waals surface area contributed by atoms with Crippen LogP contribution in [0.25, 0.3) is 11.6 Å². The average molecular weight is 313 g/mol. The monoisotopic (exact) mass is 311 g/mol. The molecule has 0 saturated heterocycles. The second kappa shape index (κ2) is 6.44. The van der Waals surface area contributed by atoms with Gasteiger partial charge in [-0.25, -0.2) is 0 Å². The number of rotatable bonds is 3. The van der Waals surface area contributed by atoms with E-state index < -0.39 is 0 Å². The zero-order valence-corrected chi connectivity index (χ0v) is 12.3. The molecule has 0 aliphatic rings. The summed E-state index contributed by atoms with van der Waals surface area (Å²) in [4.78, 5) is 0. The lowest BCUT2D eigenvalue weighted by molar-refractivity contribution is 1.27. The van der Waals surface area contributed by atoms with E-state index in [-0.39, 0.29) is 0 Å². The van der Waals surface area contributed by atoms with Crippen LogP contribution in [0.5, 0.6) is 0 Å². The van der Waals surface area contributed by atoms with Crippen molar-refractivity contribution in [3.05, 3.63) is 68.7 Å². The minimum absolute atomic E-state index is 0.364. The molecule has 2 rings (SSSR count). The zero-order chi connectivity index (χ0) is 13.8. The Morgan fingerprint density at radius 1 is 1.00 bits per heavy atom. The zero-order valence-electron chi connectivity index (χ0n) is 10.0. The van der Waals surface area contributed by atoms with E-state index in [1.807, 2.05) is 36.4 Å². The molecule has 0 aliphatic heterocycles. The fraction of sp³-hybridized carbons (Fsp3) is 0.0667. The topological polar surface area (TPSA) is 26.0 Å². The Kier molecular flexibility index (Phi) is 4.89. The van der Waals surface area contributed by atoms with Gasteiger partial charge in [-0.3, -0.25) is 0 Å². The van der Waals surface area contributed by atoms with Gasteiger partial charge in [0.05, 0.1) is 15.1 Å². The van der Waals surface area contributed by atoms with Crippen molar-refractivity contribution in [2.75, 3.05) is 6.54 Å². The molecule has 2 aromatic carbocycles. The van der Waals surface area contributed by atoms with Crippen molar-refractivity contribution in [1.29, 1.82) is 0 Å². The molecule has 0 aromatic heterocycles.